The molecule has 0 heterocycles. The predicted octanol–water partition coefficient (Wildman–Crippen LogP) is 4.47. The number of hydrogen-bond donors (Lipinski definition) is 0. The Kier molecular flexibility index (Phi) is 7.84. The number of ketones is 1. The van der Waals surface area contributed by atoms with Crippen LogP contribution in [-0.2, 0) is 22.6 Å². The molecule has 146 valence electrons. The molecule has 0 aromatic heterocycles. The lowest BCUT2D eigenvalue weighted by Gasteiger charge is -2.36. The molecule has 2 aromatic rings. The van der Waals surface area contributed by atoms with Crippen molar-refractivity contribution < 1.29 is 9.53 Å². The molecule has 0 amide bonds. The molecule has 0 N–H and O–H groups in total. The lowest BCUT2D eigenvalue weighted by molar-refractivity contribution is -0.118. The summed E-state index contributed by atoms with van der Waals surface area (Å²) in [5, 5.41) is 0. The van der Waals surface area contributed by atoms with Gasteiger partial charge in [0.25, 0.3) is 0 Å². The maximum Gasteiger partial charge on any atom is 0.208 e. The second kappa shape index (κ2) is 10.8. The number of benzene rings is 2. The van der Waals surface area contributed by atoms with Gasteiger partial charge in [0.1, 0.15) is 6.61 Å². The number of ether oxygens (including phenoxy) is 1. The summed E-state index contributed by atoms with van der Waals surface area (Å²) in [6.45, 7) is 2.20. The van der Waals surface area contributed by atoms with Gasteiger partial charge in [0.05, 0.1) is 0 Å². The summed E-state index contributed by atoms with van der Waals surface area (Å²) >= 11 is 0. The van der Waals surface area contributed by atoms with Gasteiger partial charge >= 0.3 is 0 Å². The first-order valence-electron chi connectivity index (χ1n) is 10.1. The van der Waals surface area contributed by atoms with Crippen LogP contribution in [0.3, 0.4) is 0 Å². The molecule has 1 saturated carbocycles. The minimum absolute atomic E-state index is 0.0770. The Balaban J connectivity index is 1.64. The molecule has 3 nitrogen and oxygen atoms in total. The van der Waals surface area contributed by atoms with Gasteiger partial charge in [-0.15, -0.1) is 0 Å². The van der Waals surface area contributed by atoms with Crippen LogP contribution in [0.4, 0.5) is 0 Å². The highest BCUT2D eigenvalue weighted by molar-refractivity contribution is 5.97. The van der Waals surface area contributed by atoms with Crippen LogP contribution < -0.4 is 0 Å². The van der Waals surface area contributed by atoms with E-state index in [0.29, 0.717) is 12.6 Å². The molecule has 0 saturated heterocycles. The Morgan fingerprint density at radius 1 is 0.929 bits per heavy atom. The molecule has 0 spiro atoms. The van der Waals surface area contributed by atoms with E-state index in [2.05, 4.69) is 77.4 Å². The van der Waals surface area contributed by atoms with E-state index in [1.807, 2.05) is 0 Å². The highest BCUT2D eigenvalue weighted by atomic mass is 16.5. The van der Waals surface area contributed by atoms with Crippen molar-refractivity contribution in [3.05, 3.63) is 71.8 Å². The number of nitrogens with zero attached hydrogens (tertiary/aromatic N) is 1. The number of carbonyl (C=O) groups excluding carboxylic acids is 1. The summed E-state index contributed by atoms with van der Waals surface area (Å²) < 4.78 is 4.91. The van der Waals surface area contributed by atoms with E-state index < -0.39 is 0 Å². The largest absolute Gasteiger partial charge is 0.372 e. The molecule has 0 unspecified atom stereocenters. The molecule has 28 heavy (non-hydrogen) atoms. The maximum atomic E-state index is 12.3. The van der Waals surface area contributed by atoms with E-state index in [4.69, 9.17) is 4.74 Å². The predicted molar refractivity (Wildman–Crippen MR) is 113 cm³/mol. The number of carbonyl (C=O) groups is 1. The van der Waals surface area contributed by atoms with Crippen LogP contribution in [0.25, 0.3) is 0 Å². The van der Waals surface area contributed by atoms with Crippen molar-refractivity contribution in [2.24, 2.45) is 5.92 Å². The molecule has 3 heteroatoms. The highest BCUT2D eigenvalue weighted by Gasteiger charge is 2.29. The van der Waals surface area contributed by atoms with Crippen LogP contribution in [0.1, 0.15) is 36.8 Å². The Bertz CT molecular complexity index is 742. The van der Waals surface area contributed by atoms with E-state index in [9.17, 15) is 4.79 Å². The zero-order valence-electron chi connectivity index (χ0n) is 16.6. The van der Waals surface area contributed by atoms with Crippen molar-refractivity contribution in [2.75, 3.05) is 13.7 Å². The van der Waals surface area contributed by atoms with Crippen molar-refractivity contribution >= 4 is 5.78 Å². The van der Waals surface area contributed by atoms with Crippen LogP contribution in [0.5, 0.6) is 0 Å². The fourth-order valence-corrected chi connectivity index (χ4v) is 3.95. The first kappa shape index (κ1) is 20.3. The van der Waals surface area contributed by atoms with Gasteiger partial charge in [-0.05, 0) is 42.7 Å². The zero-order chi connectivity index (χ0) is 19.6. The second-order valence-electron chi connectivity index (χ2n) is 7.48. The molecule has 0 atom stereocenters. The second-order valence-corrected chi connectivity index (χ2v) is 7.48. The molecule has 1 aliphatic carbocycles. The van der Waals surface area contributed by atoms with Gasteiger partial charge in [0.2, 0.25) is 5.78 Å². The third kappa shape index (κ3) is 6.05. The van der Waals surface area contributed by atoms with Crippen molar-refractivity contribution in [3.63, 3.8) is 0 Å². The average molecular weight is 376 g/mol. The van der Waals surface area contributed by atoms with Crippen molar-refractivity contribution in [2.45, 2.75) is 44.8 Å². The number of Topliss-reactive ketones (excluding diaryl/α,β-unsaturated/α-hetero) is 1. The molecule has 1 fully saturated rings. The van der Waals surface area contributed by atoms with Crippen molar-refractivity contribution in [1.29, 1.82) is 0 Å². The summed E-state index contributed by atoms with van der Waals surface area (Å²) in [7, 11) is 1.60. The van der Waals surface area contributed by atoms with Gasteiger partial charge in [0, 0.05) is 32.2 Å². The van der Waals surface area contributed by atoms with Gasteiger partial charge in [-0.3, -0.25) is 9.69 Å². The van der Waals surface area contributed by atoms with Crippen LogP contribution in [0.15, 0.2) is 60.7 Å². The molecule has 0 aliphatic heterocycles. The van der Waals surface area contributed by atoms with Crippen molar-refractivity contribution in [1.82, 2.24) is 4.90 Å². The maximum absolute atomic E-state index is 12.3. The van der Waals surface area contributed by atoms with E-state index in [1.165, 1.54) is 11.1 Å². The van der Waals surface area contributed by atoms with Crippen LogP contribution >= 0.6 is 0 Å². The van der Waals surface area contributed by atoms with E-state index in [1.54, 1.807) is 7.11 Å². The molecule has 1 aliphatic rings. The minimum Gasteiger partial charge on any atom is -0.372 e. The normalized spacial score (nSPS) is 19.1. The van der Waals surface area contributed by atoms with Crippen LogP contribution in [0, 0.1) is 17.8 Å². The van der Waals surface area contributed by atoms with Gasteiger partial charge < -0.3 is 4.74 Å². The summed E-state index contributed by atoms with van der Waals surface area (Å²) in [6.07, 6.45) is 3.93. The Morgan fingerprint density at radius 3 is 1.96 bits per heavy atom. The lowest BCUT2D eigenvalue weighted by Crippen LogP contribution is -2.38. The smallest absolute Gasteiger partial charge is 0.208 e. The van der Waals surface area contributed by atoms with Gasteiger partial charge in [0.15, 0.2) is 0 Å². The van der Waals surface area contributed by atoms with Gasteiger partial charge in [-0.25, -0.2) is 0 Å². The molecule has 0 bridgehead atoms. The number of hydrogen-bond acceptors (Lipinski definition) is 3. The Labute approximate surface area is 168 Å². The number of rotatable bonds is 7. The molecular formula is C25H29NO2. The highest BCUT2D eigenvalue weighted by Crippen LogP contribution is 2.30. The van der Waals surface area contributed by atoms with E-state index in [0.717, 1.165) is 38.8 Å². The monoisotopic (exact) mass is 375 g/mol. The quantitative estimate of drug-likeness (QED) is 0.528. The molecular weight excluding hydrogens is 346 g/mol. The standard InChI is InChI=1S/C25H29NO2/c1-28-18-8-13-25(27)23-14-16-24(17-15-23)26(19-21-9-4-2-5-10-21)20-22-11-6-3-7-12-22/h2-7,9-12,23-24H,14-20H2,1H3/t23-,24-. The first-order chi connectivity index (χ1) is 13.8. The Hall–Kier alpha value is -2.41. The summed E-state index contributed by atoms with van der Waals surface area (Å²) in [5.74, 6) is 5.71. The zero-order valence-corrected chi connectivity index (χ0v) is 16.6. The Morgan fingerprint density at radius 2 is 1.46 bits per heavy atom. The molecule has 0 radical (unpaired) electrons. The fraction of sp³-hybridized carbons (Fsp3) is 0.400. The van der Waals surface area contributed by atoms with E-state index >= 15 is 0 Å². The first-order valence-corrected chi connectivity index (χ1v) is 10.1. The summed E-state index contributed by atoms with van der Waals surface area (Å²) in [4.78, 5) is 14.9. The minimum atomic E-state index is 0.0770. The summed E-state index contributed by atoms with van der Waals surface area (Å²) in [6, 6.07) is 21.8. The van der Waals surface area contributed by atoms with Gasteiger partial charge in [-0.2, -0.15) is 0 Å². The number of methoxy groups -OCH3 is 1. The molecule has 2 aromatic carbocycles. The third-order valence-corrected chi connectivity index (χ3v) is 5.47. The summed E-state index contributed by atoms with van der Waals surface area (Å²) in [5.41, 5.74) is 2.67. The average Bonchev–Trinajstić information content (AvgIpc) is 2.75. The lowest BCUT2D eigenvalue weighted by atomic mass is 9.82. The molecule has 3 rings (SSSR count). The van der Waals surface area contributed by atoms with Crippen molar-refractivity contribution in [3.8, 4) is 11.8 Å². The van der Waals surface area contributed by atoms with Crippen LogP contribution in [0.2, 0.25) is 0 Å². The van der Waals surface area contributed by atoms with E-state index in [-0.39, 0.29) is 11.7 Å². The SMILES string of the molecule is COCC#CC(=O)[C@H]1CC[C@H](N(Cc2ccccc2)Cc2ccccc2)CC1. The third-order valence-electron chi connectivity index (χ3n) is 5.47. The fourth-order valence-electron chi connectivity index (χ4n) is 3.95. The topological polar surface area (TPSA) is 29.5 Å². The van der Waals surface area contributed by atoms with Crippen LogP contribution in [-0.4, -0.2) is 30.4 Å². The van der Waals surface area contributed by atoms with Gasteiger partial charge in [-0.1, -0.05) is 66.6 Å².